The summed E-state index contributed by atoms with van der Waals surface area (Å²) in [4.78, 5) is 5.20. The quantitative estimate of drug-likeness (QED) is 0.722. The second-order valence-corrected chi connectivity index (χ2v) is 5.49. The van der Waals surface area contributed by atoms with Crippen molar-refractivity contribution >= 4 is 40.1 Å². The summed E-state index contributed by atoms with van der Waals surface area (Å²) >= 11 is 7.33. The van der Waals surface area contributed by atoms with Gasteiger partial charge < -0.3 is 10.2 Å². The molecule has 20 heavy (non-hydrogen) atoms. The number of oxazole rings is 1. The molecule has 4 nitrogen and oxygen atoms in total. The minimum absolute atomic E-state index is 0.415. The number of nitrogens with two attached hydrogens (primary N) is 1. The van der Waals surface area contributed by atoms with Gasteiger partial charge >= 0.3 is 0 Å². The molecule has 2 aromatic carbocycles. The Morgan fingerprint density at radius 3 is 2.85 bits per heavy atom. The smallest absolute Gasteiger partial charge is 0.261 e. The van der Waals surface area contributed by atoms with Crippen LogP contribution >= 0.6 is 23.4 Å². The number of hydrogen-bond acceptors (Lipinski definition) is 5. The van der Waals surface area contributed by atoms with Gasteiger partial charge in [-0.1, -0.05) is 11.6 Å². The van der Waals surface area contributed by atoms with Gasteiger partial charge in [0.1, 0.15) is 11.6 Å². The molecule has 1 aromatic heterocycles. The molecule has 0 unspecified atom stereocenters. The summed E-state index contributed by atoms with van der Waals surface area (Å²) in [7, 11) is 0. The van der Waals surface area contributed by atoms with Gasteiger partial charge in [0.2, 0.25) is 0 Å². The molecule has 6 heteroatoms. The van der Waals surface area contributed by atoms with Crippen molar-refractivity contribution in [1.82, 2.24) is 4.98 Å². The number of nitrogens with zero attached hydrogens (tertiary/aromatic N) is 2. The standard InChI is InChI=1S/C14H8ClN3OS/c15-11-6-10(3-1-8(11)7-16)20-14-18-12-5-9(17)2-4-13(12)19-14/h1-6H,17H2. The number of nitrogen functional groups attached to an aromatic ring is 1. The van der Waals surface area contributed by atoms with E-state index in [-0.39, 0.29) is 0 Å². The molecule has 3 rings (SSSR count). The lowest BCUT2D eigenvalue weighted by molar-refractivity contribution is 0.489. The molecule has 3 aromatic rings. The fourth-order valence-electron chi connectivity index (χ4n) is 1.72. The zero-order valence-corrected chi connectivity index (χ0v) is 11.7. The Labute approximate surface area is 124 Å². The maximum Gasteiger partial charge on any atom is 0.261 e. The van der Waals surface area contributed by atoms with Gasteiger partial charge in [0.25, 0.3) is 5.22 Å². The second-order valence-electron chi connectivity index (χ2n) is 4.06. The number of hydrogen-bond donors (Lipinski definition) is 1. The van der Waals surface area contributed by atoms with E-state index in [1.165, 1.54) is 11.8 Å². The number of aromatic nitrogens is 1. The lowest BCUT2D eigenvalue weighted by Gasteiger charge is -1.99. The number of fused-ring (bicyclic) bond motifs is 1. The molecule has 0 atom stereocenters. The highest BCUT2D eigenvalue weighted by Gasteiger charge is 2.09. The zero-order valence-electron chi connectivity index (χ0n) is 10.1. The highest BCUT2D eigenvalue weighted by atomic mass is 35.5. The number of anilines is 1. The average molecular weight is 302 g/mol. The van der Waals surface area contributed by atoms with E-state index in [0.717, 1.165) is 4.90 Å². The SMILES string of the molecule is N#Cc1ccc(Sc2nc3cc(N)ccc3o2)cc1Cl. The van der Waals surface area contributed by atoms with Gasteiger partial charge in [-0.05, 0) is 48.2 Å². The molecule has 0 aliphatic heterocycles. The minimum atomic E-state index is 0.415. The molecular weight excluding hydrogens is 294 g/mol. The van der Waals surface area contributed by atoms with Crippen molar-refractivity contribution in [3.05, 3.63) is 47.0 Å². The second kappa shape index (κ2) is 5.08. The normalized spacial score (nSPS) is 10.6. The fourth-order valence-corrected chi connectivity index (χ4v) is 2.80. The number of nitriles is 1. The molecule has 0 bridgehead atoms. The summed E-state index contributed by atoms with van der Waals surface area (Å²) in [5.41, 5.74) is 8.19. The number of rotatable bonds is 2. The van der Waals surface area contributed by atoms with Crippen molar-refractivity contribution in [1.29, 1.82) is 5.26 Å². The Kier molecular flexibility index (Phi) is 3.26. The lowest BCUT2D eigenvalue weighted by Crippen LogP contribution is -1.82. The Hall–Kier alpha value is -2.16. The van der Waals surface area contributed by atoms with Crippen LogP contribution in [0, 0.1) is 11.3 Å². The molecule has 0 aliphatic carbocycles. The predicted octanol–water partition coefficient (Wildman–Crippen LogP) is 4.09. The van der Waals surface area contributed by atoms with Crippen LogP contribution in [0.2, 0.25) is 5.02 Å². The molecule has 0 radical (unpaired) electrons. The maximum absolute atomic E-state index is 8.84. The van der Waals surface area contributed by atoms with E-state index >= 15 is 0 Å². The first-order chi connectivity index (χ1) is 9.65. The first-order valence-electron chi connectivity index (χ1n) is 5.69. The summed E-state index contributed by atoms with van der Waals surface area (Å²) in [6.07, 6.45) is 0. The van der Waals surface area contributed by atoms with Crippen LogP contribution in [0.3, 0.4) is 0 Å². The van der Waals surface area contributed by atoms with Crippen molar-refractivity contribution in [3.8, 4) is 6.07 Å². The van der Waals surface area contributed by atoms with Crippen LogP contribution in [-0.4, -0.2) is 4.98 Å². The van der Waals surface area contributed by atoms with E-state index in [2.05, 4.69) is 4.98 Å². The fraction of sp³-hybridized carbons (Fsp3) is 0. The van der Waals surface area contributed by atoms with E-state index in [1.54, 1.807) is 36.4 Å². The zero-order chi connectivity index (χ0) is 14.1. The van der Waals surface area contributed by atoms with Gasteiger partial charge in [-0.2, -0.15) is 5.26 Å². The number of halogens is 1. The topological polar surface area (TPSA) is 75.8 Å². The maximum atomic E-state index is 8.84. The third-order valence-corrected chi connectivity index (χ3v) is 3.81. The Balaban J connectivity index is 1.93. The van der Waals surface area contributed by atoms with E-state index in [1.807, 2.05) is 6.07 Å². The van der Waals surface area contributed by atoms with Crippen molar-refractivity contribution in [2.24, 2.45) is 0 Å². The van der Waals surface area contributed by atoms with Crippen LogP contribution in [-0.2, 0) is 0 Å². The first-order valence-corrected chi connectivity index (χ1v) is 6.89. The van der Waals surface area contributed by atoms with Crippen LogP contribution in [0.5, 0.6) is 0 Å². The van der Waals surface area contributed by atoms with Crippen LogP contribution in [0.15, 0.2) is 50.9 Å². The third kappa shape index (κ3) is 2.44. The van der Waals surface area contributed by atoms with Gasteiger partial charge in [-0.25, -0.2) is 4.98 Å². The molecule has 0 aliphatic rings. The van der Waals surface area contributed by atoms with Crippen LogP contribution in [0.25, 0.3) is 11.1 Å². The van der Waals surface area contributed by atoms with Crippen molar-refractivity contribution in [2.75, 3.05) is 5.73 Å². The van der Waals surface area contributed by atoms with Gasteiger partial charge in [0.15, 0.2) is 5.58 Å². The highest BCUT2D eigenvalue weighted by molar-refractivity contribution is 7.99. The minimum Gasteiger partial charge on any atom is -0.431 e. The van der Waals surface area contributed by atoms with Crippen LogP contribution in [0.1, 0.15) is 5.56 Å². The largest absolute Gasteiger partial charge is 0.431 e. The molecule has 98 valence electrons. The highest BCUT2D eigenvalue weighted by Crippen LogP contribution is 2.32. The summed E-state index contributed by atoms with van der Waals surface area (Å²) < 4.78 is 5.61. The first kappa shape index (κ1) is 12.9. The summed E-state index contributed by atoms with van der Waals surface area (Å²) in [6, 6.07) is 12.5. The third-order valence-electron chi connectivity index (χ3n) is 2.66. The summed E-state index contributed by atoms with van der Waals surface area (Å²) in [5.74, 6) is 0. The van der Waals surface area contributed by atoms with Gasteiger partial charge in [-0.15, -0.1) is 0 Å². The Morgan fingerprint density at radius 1 is 1.25 bits per heavy atom. The van der Waals surface area contributed by atoms with E-state index in [0.29, 0.717) is 32.6 Å². The molecular formula is C14H8ClN3OS. The molecule has 0 amide bonds. The molecule has 1 heterocycles. The van der Waals surface area contributed by atoms with Crippen LogP contribution in [0.4, 0.5) is 5.69 Å². The average Bonchev–Trinajstić information content (AvgIpc) is 2.80. The van der Waals surface area contributed by atoms with E-state index < -0.39 is 0 Å². The molecule has 0 fully saturated rings. The van der Waals surface area contributed by atoms with Crippen molar-refractivity contribution in [2.45, 2.75) is 10.1 Å². The van der Waals surface area contributed by atoms with Crippen LogP contribution < -0.4 is 5.73 Å². The van der Waals surface area contributed by atoms with Gasteiger partial charge in [-0.3, -0.25) is 0 Å². The summed E-state index contributed by atoms with van der Waals surface area (Å²) in [5, 5.41) is 9.76. The van der Waals surface area contributed by atoms with Gasteiger partial charge in [0, 0.05) is 10.6 Å². The van der Waals surface area contributed by atoms with Gasteiger partial charge in [0.05, 0.1) is 10.6 Å². The Morgan fingerprint density at radius 2 is 2.10 bits per heavy atom. The monoisotopic (exact) mass is 301 g/mol. The lowest BCUT2D eigenvalue weighted by atomic mass is 10.2. The predicted molar refractivity (Wildman–Crippen MR) is 78.7 cm³/mol. The number of benzene rings is 2. The van der Waals surface area contributed by atoms with Crippen molar-refractivity contribution < 1.29 is 4.42 Å². The molecule has 0 saturated carbocycles. The van der Waals surface area contributed by atoms with Crippen molar-refractivity contribution in [3.63, 3.8) is 0 Å². The molecule has 0 saturated heterocycles. The molecule has 2 N–H and O–H groups in total. The van der Waals surface area contributed by atoms with E-state index in [9.17, 15) is 0 Å². The Bertz CT molecular complexity index is 838. The summed E-state index contributed by atoms with van der Waals surface area (Å²) in [6.45, 7) is 0. The molecule has 0 spiro atoms. The van der Waals surface area contributed by atoms with E-state index in [4.69, 9.17) is 27.0 Å².